The molecule has 1 aliphatic heterocycles. The normalized spacial score (nSPS) is 16.8. The Labute approximate surface area is 179 Å². The Morgan fingerprint density at radius 2 is 1.97 bits per heavy atom. The van der Waals surface area contributed by atoms with Crippen LogP contribution in [0.2, 0.25) is 0 Å². The molecule has 4 rings (SSSR count). The second-order valence-corrected chi connectivity index (χ2v) is 8.79. The van der Waals surface area contributed by atoms with Gasteiger partial charge in [0.1, 0.15) is 5.01 Å². The molecule has 0 aliphatic carbocycles. The standard InChI is InChI=1S/C23H25N3O3S/c1-15(2)29-23(28)16-9-11-17(12-10-16)24-21(27)14-26-13-5-7-19(26)22-25-18-6-3-4-8-20(18)30-22/h3-4,6,8-12,15,19H,5,7,13-14H2,1-2H3,(H,24,27)/t19-/m1/s1. The van der Waals surface area contributed by atoms with Gasteiger partial charge in [-0.2, -0.15) is 0 Å². The number of benzene rings is 2. The lowest BCUT2D eigenvalue weighted by Gasteiger charge is -2.22. The van der Waals surface area contributed by atoms with Crippen LogP contribution in [0.15, 0.2) is 48.5 Å². The first-order valence-corrected chi connectivity index (χ1v) is 11.0. The summed E-state index contributed by atoms with van der Waals surface area (Å²) in [4.78, 5) is 31.5. The van der Waals surface area contributed by atoms with E-state index in [0.29, 0.717) is 17.8 Å². The van der Waals surface area contributed by atoms with Crippen molar-refractivity contribution in [3.63, 3.8) is 0 Å². The van der Waals surface area contributed by atoms with Crippen LogP contribution in [0, 0.1) is 0 Å². The Morgan fingerprint density at radius 3 is 2.70 bits per heavy atom. The van der Waals surface area contributed by atoms with Crippen molar-refractivity contribution in [2.24, 2.45) is 0 Å². The average Bonchev–Trinajstić information content (AvgIpc) is 3.34. The number of amides is 1. The van der Waals surface area contributed by atoms with Crippen LogP contribution >= 0.6 is 11.3 Å². The number of esters is 1. The molecule has 1 atom stereocenters. The molecule has 1 aliphatic rings. The molecule has 0 spiro atoms. The minimum atomic E-state index is -0.362. The number of hydrogen-bond acceptors (Lipinski definition) is 6. The summed E-state index contributed by atoms with van der Waals surface area (Å²) in [5, 5.41) is 4.00. The number of rotatable bonds is 6. The van der Waals surface area contributed by atoms with Gasteiger partial charge >= 0.3 is 5.97 Å². The van der Waals surface area contributed by atoms with E-state index in [4.69, 9.17) is 9.72 Å². The van der Waals surface area contributed by atoms with Gasteiger partial charge in [0.15, 0.2) is 0 Å². The van der Waals surface area contributed by atoms with Crippen LogP contribution in [0.3, 0.4) is 0 Å². The molecule has 0 unspecified atom stereocenters. The van der Waals surface area contributed by atoms with E-state index >= 15 is 0 Å². The van der Waals surface area contributed by atoms with Gasteiger partial charge in [-0.3, -0.25) is 9.69 Å². The molecule has 30 heavy (non-hydrogen) atoms. The number of aromatic nitrogens is 1. The first kappa shape index (κ1) is 20.5. The zero-order valence-electron chi connectivity index (χ0n) is 17.1. The van der Waals surface area contributed by atoms with E-state index in [2.05, 4.69) is 16.3 Å². The maximum absolute atomic E-state index is 12.6. The number of nitrogens with zero attached hydrogens (tertiary/aromatic N) is 2. The number of carbonyl (C=O) groups is 2. The van der Waals surface area contributed by atoms with Crippen LogP contribution in [-0.2, 0) is 9.53 Å². The highest BCUT2D eigenvalue weighted by Gasteiger charge is 2.30. The van der Waals surface area contributed by atoms with E-state index in [1.807, 2.05) is 32.0 Å². The van der Waals surface area contributed by atoms with E-state index in [1.54, 1.807) is 35.6 Å². The minimum Gasteiger partial charge on any atom is -0.459 e. The monoisotopic (exact) mass is 423 g/mol. The quantitative estimate of drug-likeness (QED) is 0.585. The van der Waals surface area contributed by atoms with E-state index in [9.17, 15) is 9.59 Å². The van der Waals surface area contributed by atoms with E-state index in [-0.39, 0.29) is 24.0 Å². The van der Waals surface area contributed by atoms with Crippen molar-refractivity contribution in [3.8, 4) is 0 Å². The summed E-state index contributed by atoms with van der Waals surface area (Å²) in [5.74, 6) is -0.431. The van der Waals surface area contributed by atoms with Crippen LogP contribution in [0.25, 0.3) is 10.2 Å². The van der Waals surface area contributed by atoms with Crippen molar-refractivity contribution >= 4 is 39.1 Å². The van der Waals surface area contributed by atoms with Crippen LogP contribution < -0.4 is 5.32 Å². The number of thiazole rings is 1. The van der Waals surface area contributed by atoms with Crippen molar-refractivity contribution in [2.75, 3.05) is 18.4 Å². The SMILES string of the molecule is CC(C)OC(=O)c1ccc(NC(=O)CN2CCC[C@@H]2c2nc3ccccc3s2)cc1. The van der Waals surface area contributed by atoms with Crippen LogP contribution in [0.1, 0.15) is 48.1 Å². The molecule has 2 heterocycles. The third-order valence-corrected chi connectivity index (χ3v) is 6.19. The summed E-state index contributed by atoms with van der Waals surface area (Å²) in [7, 11) is 0. The lowest BCUT2D eigenvalue weighted by Crippen LogP contribution is -2.32. The number of hydrogen-bond donors (Lipinski definition) is 1. The molecule has 1 N–H and O–H groups in total. The highest BCUT2D eigenvalue weighted by atomic mass is 32.1. The molecular weight excluding hydrogens is 398 g/mol. The van der Waals surface area contributed by atoms with E-state index in [1.165, 1.54) is 4.70 Å². The molecule has 1 amide bonds. The second kappa shape index (κ2) is 8.93. The summed E-state index contributed by atoms with van der Waals surface area (Å²) in [6.45, 7) is 4.82. The van der Waals surface area contributed by atoms with Crippen molar-refractivity contribution in [1.82, 2.24) is 9.88 Å². The first-order chi connectivity index (χ1) is 14.5. The number of likely N-dealkylation sites (tertiary alicyclic amines) is 1. The highest BCUT2D eigenvalue weighted by Crippen LogP contribution is 2.36. The molecular formula is C23H25N3O3S. The van der Waals surface area contributed by atoms with Gasteiger partial charge < -0.3 is 10.1 Å². The minimum absolute atomic E-state index is 0.0690. The maximum atomic E-state index is 12.6. The Bertz CT molecular complexity index is 1010. The molecule has 1 aromatic heterocycles. The molecule has 6 nitrogen and oxygen atoms in total. The summed E-state index contributed by atoms with van der Waals surface area (Å²) in [6.07, 6.45) is 1.90. The lowest BCUT2D eigenvalue weighted by molar-refractivity contribution is -0.117. The van der Waals surface area contributed by atoms with Gasteiger partial charge in [0.25, 0.3) is 0 Å². The zero-order chi connectivity index (χ0) is 21.1. The highest BCUT2D eigenvalue weighted by molar-refractivity contribution is 7.18. The zero-order valence-corrected chi connectivity index (χ0v) is 17.9. The third kappa shape index (κ3) is 4.68. The van der Waals surface area contributed by atoms with Gasteiger partial charge in [-0.05, 0) is 69.6 Å². The van der Waals surface area contributed by atoms with Crippen molar-refractivity contribution in [1.29, 1.82) is 0 Å². The summed E-state index contributed by atoms with van der Waals surface area (Å²) in [6, 6.07) is 15.1. The molecule has 0 bridgehead atoms. The van der Waals surface area contributed by atoms with Crippen LogP contribution in [0.4, 0.5) is 5.69 Å². The van der Waals surface area contributed by atoms with Crippen molar-refractivity contribution in [2.45, 2.75) is 38.8 Å². The van der Waals surface area contributed by atoms with Crippen LogP contribution in [0.5, 0.6) is 0 Å². The smallest absolute Gasteiger partial charge is 0.338 e. The van der Waals surface area contributed by atoms with Gasteiger partial charge in [-0.25, -0.2) is 9.78 Å². The number of anilines is 1. The van der Waals surface area contributed by atoms with Gasteiger partial charge in [-0.1, -0.05) is 12.1 Å². The van der Waals surface area contributed by atoms with E-state index in [0.717, 1.165) is 29.9 Å². The Kier molecular flexibility index (Phi) is 6.11. The first-order valence-electron chi connectivity index (χ1n) is 10.2. The summed E-state index contributed by atoms with van der Waals surface area (Å²) >= 11 is 1.71. The van der Waals surface area contributed by atoms with Gasteiger partial charge in [-0.15, -0.1) is 11.3 Å². The molecule has 1 saturated heterocycles. The molecule has 0 saturated carbocycles. The fraction of sp³-hybridized carbons (Fsp3) is 0.348. The molecule has 1 fully saturated rings. The van der Waals surface area contributed by atoms with Crippen molar-refractivity contribution in [3.05, 3.63) is 59.1 Å². The lowest BCUT2D eigenvalue weighted by atomic mass is 10.2. The Hall–Kier alpha value is -2.77. The van der Waals surface area contributed by atoms with Crippen molar-refractivity contribution < 1.29 is 14.3 Å². The fourth-order valence-electron chi connectivity index (χ4n) is 3.68. The topological polar surface area (TPSA) is 71.5 Å². The largest absolute Gasteiger partial charge is 0.459 e. The number of carbonyl (C=O) groups excluding carboxylic acids is 2. The van der Waals surface area contributed by atoms with Gasteiger partial charge in [0.05, 0.1) is 34.5 Å². The predicted octanol–water partition coefficient (Wildman–Crippen LogP) is 4.64. The number of fused-ring (bicyclic) bond motifs is 1. The fourth-order valence-corrected chi connectivity index (χ4v) is 4.82. The third-order valence-electron chi connectivity index (χ3n) is 5.05. The summed E-state index contributed by atoms with van der Waals surface area (Å²) in [5.41, 5.74) is 2.15. The van der Waals surface area contributed by atoms with Gasteiger partial charge in [0, 0.05) is 5.69 Å². The Balaban J connectivity index is 1.37. The predicted molar refractivity (Wildman–Crippen MR) is 119 cm³/mol. The van der Waals surface area contributed by atoms with Gasteiger partial charge in [0.2, 0.25) is 5.91 Å². The number of para-hydroxylation sites is 1. The van der Waals surface area contributed by atoms with Crippen LogP contribution in [-0.4, -0.2) is 41.0 Å². The molecule has 156 valence electrons. The molecule has 2 aromatic carbocycles. The summed E-state index contributed by atoms with van der Waals surface area (Å²) < 4.78 is 6.36. The number of nitrogens with one attached hydrogen (secondary N) is 1. The molecule has 3 aromatic rings. The molecule has 0 radical (unpaired) electrons. The molecule has 7 heteroatoms. The van der Waals surface area contributed by atoms with E-state index < -0.39 is 0 Å². The average molecular weight is 424 g/mol. The number of ether oxygens (including phenoxy) is 1. The maximum Gasteiger partial charge on any atom is 0.338 e. The Morgan fingerprint density at radius 1 is 1.20 bits per heavy atom. The second-order valence-electron chi connectivity index (χ2n) is 7.73.